The molecule has 0 saturated heterocycles. The molecule has 0 fully saturated rings. The van der Waals surface area contributed by atoms with Crippen LogP contribution in [0.5, 0.6) is 0 Å². The molecule has 2 rings (SSSR count). The highest BCUT2D eigenvalue weighted by molar-refractivity contribution is 6.18. The van der Waals surface area contributed by atoms with Gasteiger partial charge in [0.1, 0.15) is 5.82 Å². The minimum absolute atomic E-state index is 0.200. The molecule has 1 heterocycles. The van der Waals surface area contributed by atoms with Crippen molar-refractivity contribution >= 4 is 17.6 Å². The molecular weight excluding hydrogens is 199 g/mol. The van der Waals surface area contributed by atoms with E-state index in [1.165, 1.54) is 12.1 Å². The standard InChI is InChI=1S/C10H7FN2O2/c11-7-3-1-6-2-4-9(14)13(10(12)15)8(6)5-7/h1,3,5H,2H2,(H2,12,15). The summed E-state index contributed by atoms with van der Waals surface area (Å²) in [6.45, 7) is 0. The quantitative estimate of drug-likeness (QED) is 0.684. The zero-order chi connectivity index (χ0) is 11.0. The van der Waals surface area contributed by atoms with Crippen molar-refractivity contribution in [3.05, 3.63) is 36.0 Å². The third-order valence-corrected chi connectivity index (χ3v) is 2.14. The lowest BCUT2D eigenvalue weighted by atomic mass is 10.0. The first-order valence-electron chi connectivity index (χ1n) is 4.25. The highest BCUT2D eigenvalue weighted by Gasteiger charge is 2.28. The second-order valence-corrected chi connectivity index (χ2v) is 3.11. The van der Waals surface area contributed by atoms with E-state index >= 15 is 0 Å². The number of urea groups is 1. The van der Waals surface area contributed by atoms with Gasteiger partial charge in [0, 0.05) is 0 Å². The lowest BCUT2D eigenvalue weighted by molar-refractivity contribution is -0.115. The predicted molar refractivity (Wildman–Crippen MR) is 50.4 cm³/mol. The molecule has 0 atom stereocenters. The van der Waals surface area contributed by atoms with Crippen molar-refractivity contribution in [3.8, 4) is 0 Å². The third-order valence-electron chi connectivity index (χ3n) is 2.14. The number of rotatable bonds is 0. The van der Waals surface area contributed by atoms with Crippen LogP contribution >= 0.6 is 0 Å². The van der Waals surface area contributed by atoms with Crippen LogP contribution in [0.15, 0.2) is 18.2 Å². The molecule has 0 saturated carbocycles. The van der Waals surface area contributed by atoms with Gasteiger partial charge in [-0.3, -0.25) is 4.79 Å². The van der Waals surface area contributed by atoms with Crippen molar-refractivity contribution in [3.63, 3.8) is 0 Å². The smallest absolute Gasteiger partial charge is 0.326 e. The molecule has 5 heteroatoms. The van der Waals surface area contributed by atoms with Crippen LogP contribution in [0.1, 0.15) is 5.56 Å². The lowest BCUT2D eigenvalue weighted by Crippen LogP contribution is -2.43. The average Bonchev–Trinajstić information content (AvgIpc) is 2.16. The number of nitrogens with two attached hydrogens (primary N) is 1. The Labute approximate surface area is 85.5 Å². The number of imide groups is 1. The number of carbonyl (C=O) groups excluding carboxylic acids is 2. The Morgan fingerprint density at radius 2 is 2.27 bits per heavy atom. The van der Waals surface area contributed by atoms with Gasteiger partial charge in [-0.05, 0) is 24.1 Å². The number of anilines is 1. The predicted octanol–water partition coefficient (Wildman–Crippen LogP) is 0.875. The monoisotopic (exact) mass is 206 g/mol. The number of carbonyl (C=O) groups is 2. The molecule has 1 aromatic rings. The number of halogens is 1. The zero-order valence-corrected chi connectivity index (χ0v) is 7.66. The molecule has 2 N–H and O–H groups in total. The van der Waals surface area contributed by atoms with Gasteiger partial charge < -0.3 is 5.73 Å². The van der Waals surface area contributed by atoms with E-state index in [1.807, 2.05) is 0 Å². The lowest BCUT2D eigenvalue weighted by Gasteiger charge is -2.25. The van der Waals surface area contributed by atoms with Gasteiger partial charge in [-0.1, -0.05) is 6.07 Å². The van der Waals surface area contributed by atoms with E-state index in [9.17, 15) is 14.0 Å². The largest absolute Gasteiger partial charge is 0.351 e. The number of hydrogen-bond acceptors (Lipinski definition) is 2. The fourth-order valence-electron chi connectivity index (χ4n) is 1.47. The summed E-state index contributed by atoms with van der Waals surface area (Å²) in [6.07, 6.45) is 2.71. The Bertz CT molecular complexity index is 445. The second kappa shape index (κ2) is 3.34. The van der Waals surface area contributed by atoms with Crippen molar-refractivity contribution in [1.82, 2.24) is 0 Å². The number of primary amides is 1. The number of benzene rings is 1. The SMILES string of the molecule is NC(=O)N1C(=O)[C]Cc2ccc(F)cc21. The molecule has 0 aliphatic carbocycles. The first-order chi connectivity index (χ1) is 7.09. The van der Waals surface area contributed by atoms with Gasteiger partial charge in [0.25, 0.3) is 0 Å². The van der Waals surface area contributed by atoms with Gasteiger partial charge in [-0.15, -0.1) is 0 Å². The van der Waals surface area contributed by atoms with E-state index in [2.05, 4.69) is 6.42 Å². The van der Waals surface area contributed by atoms with E-state index < -0.39 is 17.8 Å². The maximum absolute atomic E-state index is 12.9. The van der Waals surface area contributed by atoms with Crippen LogP contribution in [-0.2, 0) is 11.2 Å². The highest BCUT2D eigenvalue weighted by Crippen LogP contribution is 2.27. The van der Waals surface area contributed by atoms with Crippen LogP contribution in [0.3, 0.4) is 0 Å². The number of hydrogen-bond donors (Lipinski definition) is 1. The first-order valence-corrected chi connectivity index (χ1v) is 4.25. The van der Waals surface area contributed by atoms with Crippen molar-refractivity contribution in [2.24, 2.45) is 5.73 Å². The summed E-state index contributed by atoms with van der Waals surface area (Å²) < 4.78 is 12.9. The summed E-state index contributed by atoms with van der Waals surface area (Å²) in [4.78, 5) is 23.0. The van der Waals surface area contributed by atoms with E-state index in [1.54, 1.807) is 0 Å². The highest BCUT2D eigenvalue weighted by atomic mass is 19.1. The van der Waals surface area contributed by atoms with Gasteiger partial charge in [0.2, 0.25) is 5.91 Å². The maximum atomic E-state index is 12.9. The maximum Gasteiger partial charge on any atom is 0.326 e. The van der Waals surface area contributed by atoms with Crippen LogP contribution < -0.4 is 10.6 Å². The molecule has 0 spiro atoms. The number of amides is 3. The second-order valence-electron chi connectivity index (χ2n) is 3.11. The van der Waals surface area contributed by atoms with E-state index in [-0.39, 0.29) is 12.1 Å². The number of fused-ring (bicyclic) bond motifs is 1. The Kier molecular flexibility index (Phi) is 2.15. The fourth-order valence-corrected chi connectivity index (χ4v) is 1.47. The van der Waals surface area contributed by atoms with E-state index in [0.717, 1.165) is 6.07 Å². The van der Waals surface area contributed by atoms with Gasteiger partial charge >= 0.3 is 6.03 Å². The molecule has 15 heavy (non-hydrogen) atoms. The topological polar surface area (TPSA) is 63.4 Å². The minimum atomic E-state index is -0.931. The van der Waals surface area contributed by atoms with Crippen molar-refractivity contribution in [1.29, 1.82) is 0 Å². The average molecular weight is 206 g/mol. The molecule has 2 radical (unpaired) electrons. The molecule has 1 aliphatic heterocycles. The summed E-state index contributed by atoms with van der Waals surface area (Å²) in [5.41, 5.74) is 5.87. The van der Waals surface area contributed by atoms with Crippen LogP contribution in [0.25, 0.3) is 0 Å². The molecule has 0 unspecified atom stereocenters. The molecular formula is C10H7FN2O2. The first kappa shape index (κ1) is 9.64. The number of nitrogens with zero attached hydrogens (tertiary/aromatic N) is 1. The van der Waals surface area contributed by atoms with Crippen LogP contribution in [0.2, 0.25) is 0 Å². The Hall–Kier alpha value is -1.91. The normalized spacial score (nSPS) is 15.0. The Balaban J connectivity index is 2.55. The summed E-state index contributed by atoms with van der Waals surface area (Å²) in [7, 11) is 0. The summed E-state index contributed by atoms with van der Waals surface area (Å²) in [5, 5.41) is 0. The third kappa shape index (κ3) is 1.56. The minimum Gasteiger partial charge on any atom is -0.351 e. The van der Waals surface area contributed by atoms with Crippen LogP contribution in [0.4, 0.5) is 14.9 Å². The Morgan fingerprint density at radius 3 is 2.93 bits per heavy atom. The molecule has 1 aromatic carbocycles. The van der Waals surface area contributed by atoms with Gasteiger partial charge in [-0.25, -0.2) is 14.1 Å². The fraction of sp³-hybridized carbons (Fsp3) is 0.100. The molecule has 0 bridgehead atoms. The zero-order valence-electron chi connectivity index (χ0n) is 7.66. The van der Waals surface area contributed by atoms with Gasteiger partial charge in [0.15, 0.2) is 0 Å². The van der Waals surface area contributed by atoms with Crippen LogP contribution in [0, 0.1) is 12.2 Å². The van der Waals surface area contributed by atoms with Gasteiger partial charge in [0.05, 0.1) is 12.1 Å². The summed E-state index contributed by atoms with van der Waals surface area (Å²) in [6, 6.07) is 2.94. The molecule has 1 aliphatic rings. The van der Waals surface area contributed by atoms with Crippen molar-refractivity contribution < 1.29 is 14.0 Å². The summed E-state index contributed by atoms with van der Waals surface area (Å²) >= 11 is 0. The summed E-state index contributed by atoms with van der Waals surface area (Å²) in [5.74, 6) is -1.16. The van der Waals surface area contributed by atoms with Crippen molar-refractivity contribution in [2.75, 3.05) is 4.90 Å². The molecule has 76 valence electrons. The van der Waals surface area contributed by atoms with Gasteiger partial charge in [-0.2, -0.15) is 0 Å². The molecule has 3 amide bonds. The molecule has 4 nitrogen and oxygen atoms in total. The van der Waals surface area contributed by atoms with E-state index in [0.29, 0.717) is 10.5 Å². The van der Waals surface area contributed by atoms with E-state index in [4.69, 9.17) is 5.73 Å². The van der Waals surface area contributed by atoms with Crippen molar-refractivity contribution in [2.45, 2.75) is 6.42 Å². The molecule has 0 aromatic heterocycles. The van der Waals surface area contributed by atoms with Crippen LogP contribution in [-0.4, -0.2) is 11.9 Å². The Morgan fingerprint density at radius 1 is 1.53 bits per heavy atom.